The molecular weight excluding hydrogens is 587 g/mol. The Balaban J connectivity index is 0.000000439. The van der Waals surface area contributed by atoms with Gasteiger partial charge < -0.3 is 9.84 Å². The fourth-order valence-electron chi connectivity index (χ4n) is 1.52. The molecule has 0 aliphatic rings. The molecular formula is C16H12AlBr2Cl3F2O4. The largest absolute Gasteiger partial charge is 0.643 e. The zero-order chi connectivity index (χ0) is 22.0. The molecule has 0 aliphatic carbocycles. The summed E-state index contributed by atoms with van der Waals surface area (Å²) < 4.78 is 30.7. The SMILES string of the molecule is CC(=O)Oc1ccc(Br)c(F)c1.CC(=O)c1cc(Br)c(F)cc1O.[Cl][Al]([Cl])[Cl]. The third kappa shape index (κ3) is 11.6. The molecule has 0 radical (unpaired) electrons. The van der Waals surface area contributed by atoms with E-state index in [-0.39, 0.29) is 27.3 Å². The van der Waals surface area contributed by atoms with E-state index in [0.29, 0.717) is 4.47 Å². The maximum Gasteiger partial charge on any atom is 0.643 e. The van der Waals surface area contributed by atoms with Gasteiger partial charge in [0, 0.05) is 19.1 Å². The third-order valence-corrected chi connectivity index (χ3v) is 3.82. The monoisotopic (exact) mass is 596 g/mol. The summed E-state index contributed by atoms with van der Waals surface area (Å²) in [5.74, 6) is -1.91. The van der Waals surface area contributed by atoms with Gasteiger partial charge in [-0.3, -0.25) is 9.59 Å². The summed E-state index contributed by atoms with van der Waals surface area (Å²) in [5.41, 5.74) is 0.114. The molecule has 2 aromatic rings. The van der Waals surface area contributed by atoms with Gasteiger partial charge in [-0.05, 0) is 57.0 Å². The van der Waals surface area contributed by atoms with Crippen molar-refractivity contribution >= 4 is 85.1 Å². The molecule has 0 heterocycles. The Morgan fingerprint density at radius 2 is 1.50 bits per heavy atom. The Morgan fingerprint density at radius 1 is 1.00 bits per heavy atom. The third-order valence-electron chi connectivity index (χ3n) is 2.57. The summed E-state index contributed by atoms with van der Waals surface area (Å²) in [6.45, 7) is 2.57. The minimum atomic E-state index is -1.72. The first-order valence-electron chi connectivity index (χ1n) is 7.09. The molecule has 0 spiro atoms. The molecule has 0 unspecified atom stereocenters. The van der Waals surface area contributed by atoms with Gasteiger partial charge in [0.25, 0.3) is 0 Å². The summed E-state index contributed by atoms with van der Waals surface area (Å²) >= 11 is 4.17. The topological polar surface area (TPSA) is 63.6 Å². The van der Waals surface area contributed by atoms with Gasteiger partial charge in [-0.25, -0.2) is 38.9 Å². The Morgan fingerprint density at radius 3 is 1.93 bits per heavy atom. The molecule has 2 aromatic carbocycles. The van der Waals surface area contributed by atoms with Crippen molar-refractivity contribution in [3.8, 4) is 11.5 Å². The van der Waals surface area contributed by atoms with Crippen molar-refractivity contribution in [1.29, 1.82) is 0 Å². The lowest BCUT2D eigenvalue weighted by molar-refractivity contribution is -0.131. The van der Waals surface area contributed by atoms with Gasteiger partial charge in [0.05, 0.1) is 14.5 Å². The molecule has 1 N–H and O–H groups in total. The van der Waals surface area contributed by atoms with Crippen LogP contribution in [-0.2, 0) is 4.79 Å². The maximum atomic E-state index is 12.8. The second-order valence-corrected chi connectivity index (χ2v) is 12.9. The van der Waals surface area contributed by atoms with E-state index in [4.69, 9.17) is 35.3 Å². The smallest absolute Gasteiger partial charge is 0.507 e. The fourth-order valence-corrected chi connectivity index (χ4v) is 2.11. The molecule has 0 atom stereocenters. The number of halogens is 7. The minimum Gasteiger partial charge on any atom is -0.507 e. The quantitative estimate of drug-likeness (QED) is 0.181. The van der Waals surface area contributed by atoms with Gasteiger partial charge >= 0.3 is 17.4 Å². The Hall–Kier alpha value is -0.398. The van der Waals surface area contributed by atoms with Crippen molar-refractivity contribution in [1.82, 2.24) is 0 Å². The Kier molecular flexibility index (Phi) is 13.6. The average molecular weight is 599 g/mol. The van der Waals surface area contributed by atoms with E-state index in [1.54, 1.807) is 0 Å². The lowest BCUT2D eigenvalue weighted by Gasteiger charge is -2.01. The first kappa shape index (κ1) is 27.6. The zero-order valence-electron chi connectivity index (χ0n) is 14.3. The van der Waals surface area contributed by atoms with E-state index in [2.05, 4.69) is 36.6 Å². The lowest BCUT2D eigenvalue weighted by Crippen LogP contribution is -2.01. The average Bonchev–Trinajstić information content (AvgIpc) is 2.54. The van der Waals surface area contributed by atoms with Crippen LogP contribution < -0.4 is 4.74 Å². The minimum absolute atomic E-state index is 0.114. The van der Waals surface area contributed by atoms with Crippen LogP contribution in [0.2, 0.25) is 0 Å². The molecule has 0 saturated heterocycles. The molecule has 152 valence electrons. The number of ketones is 1. The molecule has 4 nitrogen and oxygen atoms in total. The van der Waals surface area contributed by atoms with Gasteiger partial charge in [0.1, 0.15) is 23.1 Å². The number of benzene rings is 2. The number of Topliss-reactive ketones (excluding diaryl/α,β-unsaturated/α-hetero) is 1. The van der Waals surface area contributed by atoms with E-state index >= 15 is 0 Å². The van der Waals surface area contributed by atoms with Crippen LogP contribution in [0.4, 0.5) is 8.78 Å². The van der Waals surface area contributed by atoms with E-state index in [1.807, 2.05) is 0 Å². The van der Waals surface area contributed by atoms with Crippen molar-refractivity contribution in [2.24, 2.45) is 0 Å². The van der Waals surface area contributed by atoms with Crippen LogP contribution in [0, 0.1) is 11.6 Å². The molecule has 0 aromatic heterocycles. The van der Waals surface area contributed by atoms with E-state index in [9.17, 15) is 18.4 Å². The van der Waals surface area contributed by atoms with Crippen molar-refractivity contribution < 1.29 is 28.2 Å². The highest BCUT2D eigenvalue weighted by atomic mass is 79.9. The number of ether oxygens (including phenoxy) is 1. The number of aromatic hydroxyl groups is 1. The van der Waals surface area contributed by atoms with Crippen LogP contribution >= 0.6 is 62.0 Å². The normalized spacial score (nSPS) is 9.32. The number of hydrogen-bond donors (Lipinski definition) is 1. The predicted molar refractivity (Wildman–Crippen MR) is 114 cm³/mol. The summed E-state index contributed by atoms with van der Waals surface area (Å²) in [5, 5.41) is 9.10. The van der Waals surface area contributed by atoms with Crippen molar-refractivity contribution in [2.75, 3.05) is 0 Å². The van der Waals surface area contributed by atoms with Gasteiger partial charge in [-0.15, -0.1) is 0 Å². The standard InChI is InChI=1S/2C8H6BrFO2.Al.3ClH/c1-4(11)5-2-6(9)7(10)3-8(5)12;1-5(11)12-6-2-3-7(9)8(10)4-6;;;;/h2-3,12H,1H3;2-4H,1H3;;3*1H/q;;+3;;;/p-3. The molecule has 12 heteroatoms. The summed E-state index contributed by atoms with van der Waals surface area (Å²) in [4.78, 5) is 21.3. The van der Waals surface area contributed by atoms with Crippen LogP contribution in [0.3, 0.4) is 0 Å². The number of phenolic OH excluding ortho intramolecular Hbond substituents is 1. The molecule has 0 aliphatic heterocycles. The second-order valence-electron chi connectivity index (χ2n) is 4.76. The number of carbonyl (C=O) groups is 2. The number of carbonyl (C=O) groups excluding carboxylic acids is 2. The lowest BCUT2D eigenvalue weighted by atomic mass is 10.1. The predicted octanol–water partition coefficient (Wildman–Crippen LogP) is 6.70. The second kappa shape index (κ2) is 13.8. The van der Waals surface area contributed by atoms with Gasteiger partial charge in [0.2, 0.25) is 0 Å². The summed E-state index contributed by atoms with van der Waals surface area (Å²) in [6.07, 6.45) is 0. The molecule has 0 bridgehead atoms. The van der Waals surface area contributed by atoms with Crippen molar-refractivity contribution in [3.63, 3.8) is 0 Å². The van der Waals surface area contributed by atoms with Crippen molar-refractivity contribution in [2.45, 2.75) is 13.8 Å². The Bertz CT molecular complexity index is 839. The maximum absolute atomic E-state index is 12.8. The molecule has 28 heavy (non-hydrogen) atoms. The van der Waals surface area contributed by atoms with Crippen LogP contribution in [0.1, 0.15) is 24.2 Å². The zero-order valence-corrected chi connectivity index (χ0v) is 20.9. The van der Waals surface area contributed by atoms with E-state index in [1.165, 1.54) is 32.0 Å². The number of hydrogen-bond acceptors (Lipinski definition) is 4. The van der Waals surface area contributed by atoms with E-state index in [0.717, 1.165) is 12.1 Å². The molecule has 0 saturated carbocycles. The van der Waals surface area contributed by atoms with Crippen LogP contribution in [0.25, 0.3) is 0 Å². The number of phenols is 1. The first-order chi connectivity index (χ1) is 12.8. The molecule has 0 amide bonds. The number of rotatable bonds is 2. The van der Waals surface area contributed by atoms with Crippen LogP contribution in [0.15, 0.2) is 39.3 Å². The van der Waals surface area contributed by atoms with Crippen molar-refractivity contribution in [3.05, 3.63) is 56.5 Å². The summed E-state index contributed by atoms with van der Waals surface area (Å²) in [7, 11) is 14.8. The number of esters is 1. The molecule has 2 rings (SSSR count). The Labute approximate surface area is 194 Å². The van der Waals surface area contributed by atoms with Gasteiger partial charge in [0.15, 0.2) is 5.78 Å². The highest BCUT2D eigenvalue weighted by Crippen LogP contribution is 2.25. The van der Waals surface area contributed by atoms with Crippen LogP contribution in [0.5, 0.6) is 11.5 Å². The fraction of sp³-hybridized carbons (Fsp3) is 0.125. The van der Waals surface area contributed by atoms with E-state index < -0.39 is 29.0 Å². The highest BCUT2D eigenvalue weighted by molar-refractivity contribution is 9.10. The van der Waals surface area contributed by atoms with Crippen LogP contribution in [-0.4, -0.2) is 28.2 Å². The first-order valence-corrected chi connectivity index (χ1v) is 13.9. The summed E-state index contributed by atoms with van der Waals surface area (Å²) in [6, 6.07) is 6.29. The van der Waals surface area contributed by atoms with Gasteiger partial charge in [-0.1, -0.05) is 0 Å². The molecule has 0 fully saturated rings. The van der Waals surface area contributed by atoms with Gasteiger partial charge in [-0.2, -0.15) is 0 Å². The highest BCUT2D eigenvalue weighted by Gasteiger charge is 2.10.